The second-order valence-corrected chi connectivity index (χ2v) is 20.3. The van der Waals surface area contributed by atoms with E-state index in [9.17, 15) is 9.59 Å². The summed E-state index contributed by atoms with van der Waals surface area (Å²) in [5.41, 5.74) is 2.25. The minimum Gasteiger partial charge on any atom is -0.465 e. The summed E-state index contributed by atoms with van der Waals surface area (Å²) in [5.74, 6) is 0.744. The van der Waals surface area contributed by atoms with Crippen molar-refractivity contribution in [3.05, 3.63) is 22.8 Å². The minimum atomic E-state index is -1.82. The van der Waals surface area contributed by atoms with Gasteiger partial charge < -0.3 is 13.9 Å². The lowest BCUT2D eigenvalue weighted by Gasteiger charge is -2.36. The third kappa shape index (κ3) is 16.4. The van der Waals surface area contributed by atoms with Crippen LogP contribution in [0.5, 0.6) is 0 Å². The second kappa shape index (κ2) is 18.4. The lowest BCUT2D eigenvalue weighted by atomic mass is 9.86. The van der Waals surface area contributed by atoms with Crippen molar-refractivity contribution in [2.24, 2.45) is 23.7 Å². The minimum absolute atomic E-state index is 0.149. The van der Waals surface area contributed by atoms with E-state index >= 15 is 0 Å². The summed E-state index contributed by atoms with van der Waals surface area (Å²) in [6.45, 7) is 32.9. The van der Waals surface area contributed by atoms with Crippen molar-refractivity contribution in [3.8, 4) is 0 Å². The van der Waals surface area contributed by atoms with Gasteiger partial charge in [-0.05, 0) is 89.4 Å². The first-order valence-electron chi connectivity index (χ1n) is 16.5. The zero-order valence-corrected chi connectivity index (χ0v) is 31.3. The number of carbonyl (C=O) groups excluding carboxylic acids is 2. The van der Waals surface area contributed by atoms with Crippen molar-refractivity contribution in [2.75, 3.05) is 13.2 Å². The topological polar surface area (TPSA) is 61.8 Å². The van der Waals surface area contributed by atoms with E-state index in [-0.39, 0.29) is 23.4 Å². The van der Waals surface area contributed by atoms with Gasteiger partial charge in [0.2, 0.25) is 0 Å². The number of carbonyl (C=O) groups is 2. The van der Waals surface area contributed by atoms with Gasteiger partial charge in [-0.25, -0.2) is 4.79 Å². The third-order valence-corrected chi connectivity index (χ3v) is 13.5. The lowest BCUT2D eigenvalue weighted by molar-refractivity contribution is -0.150. The Bertz CT molecular complexity index is 887. The van der Waals surface area contributed by atoms with Crippen molar-refractivity contribution in [3.63, 3.8) is 0 Å². The van der Waals surface area contributed by atoms with Crippen molar-refractivity contribution < 1.29 is 23.5 Å². The SMILES string of the molecule is CCC(C)CCCC(C)CC(C)/C(C)=C(C)/C=C(/CC(C)C(=O)OCCCO[Si](C)(C)C(C)(C)C)C(=O)OC(C)(C)C. The predicted octanol–water partition coefficient (Wildman–Crippen LogP) is 10.5. The first-order chi connectivity index (χ1) is 19.1. The maximum atomic E-state index is 13.2. The third-order valence-electron chi connectivity index (χ3n) is 8.99. The molecule has 0 fully saturated rings. The van der Waals surface area contributed by atoms with Crippen molar-refractivity contribution >= 4 is 20.3 Å². The van der Waals surface area contributed by atoms with Crippen molar-refractivity contribution in [1.29, 1.82) is 0 Å². The molecular weight excluding hydrogens is 540 g/mol. The van der Waals surface area contributed by atoms with E-state index < -0.39 is 19.8 Å². The van der Waals surface area contributed by atoms with E-state index in [4.69, 9.17) is 13.9 Å². The van der Waals surface area contributed by atoms with Crippen LogP contribution in [0.2, 0.25) is 18.1 Å². The van der Waals surface area contributed by atoms with Crippen LogP contribution < -0.4 is 0 Å². The Kier molecular flexibility index (Phi) is 17.8. The van der Waals surface area contributed by atoms with Crippen LogP contribution in [0, 0.1) is 23.7 Å². The molecule has 0 amide bonds. The molecule has 42 heavy (non-hydrogen) atoms. The molecule has 5 nitrogen and oxygen atoms in total. The van der Waals surface area contributed by atoms with Gasteiger partial charge in [-0.3, -0.25) is 4.79 Å². The molecule has 0 aliphatic carbocycles. The molecule has 0 aliphatic heterocycles. The lowest BCUT2D eigenvalue weighted by Crippen LogP contribution is -2.41. The molecule has 4 atom stereocenters. The Morgan fingerprint density at radius 2 is 1.40 bits per heavy atom. The van der Waals surface area contributed by atoms with Gasteiger partial charge in [-0.2, -0.15) is 0 Å². The molecule has 0 saturated carbocycles. The molecule has 0 aromatic heterocycles. The molecule has 0 aromatic rings. The number of hydrogen-bond donors (Lipinski definition) is 0. The van der Waals surface area contributed by atoms with E-state index in [1.54, 1.807) is 0 Å². The highest BCUT2D eigenvalue weighted by Gasteiger charge is 2.36. The number of ether oxygens (including phenoxy) is 2. The van der Waals surface area contributed by atoms with E-state index in [1.807, 2.05) is 33.8 Å². The molecule has 6 heteroatoms. The Hall–Kier alpha value is -1.40. The summed E-state index contributed by atoms with van der Waals surface area (Å²) in [6, 6.07) is 0. The van der Waals surface area contributed by atoms with Gasteiger partial charge in [-0.1, -0.05) is 92.2 Å². The average molecular weight is 609 g/mol. The van der Waals surface area contributed by atoms with Gasteiger partial charge in [0.05, 0.1) is 12.5 Å². The second-order valence-electron chi connectivity index (χ2n) is 15.5. The van der Waals surface area contributed by atoms with E-state index in [0.717, 1.165) is 17.9 Å². The monoisotopic (exact) mass is 608 g/mol. The molecule has 0 bridgehead atoms. The molecule has 0 saturated heterocycles. The highest BCUT2D eigenvalue weighted by atomic mass is 28.4. The van der Waals surface area contributed by atoms with Crippen LogP contribution in [0.1, 0.15) is 135 Å². The zero-order chi connectivity index (χ0) is 32.9. The molecule has 0 spiro atoms. The van der Waals surface area contributed by atoms with Crippen LogP contribution in [0.25, 0.3) is 0 Å². The maximum absolute atomic E-state index is 13.2. The van der Waals surface area contributed by atoms with E-state index in [2.05, 4.69) is 75.4 Å². The predicted molar refractivity (Wildman–Crippen MR) is 181 cm³/mol. The highest BCUT2D eigenvalue weighted by molar-refractivity contribution is 6.74. The van der Waals surface area contributed by atoms with Gasteiger partial charge in [0.25, 0.3) is 0 Å². The van der Waals surface area contributed by atoms with Crippen LogP contribution >= 0.6 is 0 Å². The standard InChI is InChI=1S/C36H68O5Si/c1-16-26(2)19-17-20-27(3)23-28(4)31(7)29(5)24-32(34(38)41-35(8,9)10)25-30(6)33(37)39-21-18-22-40-42(14,15)36(11,12)13/h24,26-28,30H,16-23,25H2,1-15H3/b31-29+,32-24-. The Morgan fingerprint density at radius 1 is 0.833 bits per heavy atom. The molecular formula is C36H68O5Si. The van der Waals surface area contributed by atoms with E-state index in [0.29, 0.717) is 37.0 Å². The first-order valence-corrected chi connectivity index (χ1v) is 19.4. The molecule has 246 valence electrons. The number of rotatable bonds is 18. The summed E-state index contributed by atoms with van der Waals surface area (Å²) in [6.07, 6.45) is 9.09. The molecule has 0 rings (SSSR count). The Morgan fingerprint density at radius 3 is 1.93 bits per heavy atom. The summed E-state index contributed by atoms with van der Waals surface area (Å²) in [7, 11) is -1.82. The molecule has 4 unspecified atom stereocenters. The summed E-state index contributed by atoms with van der Waals surface area (Å²) in [5, 5.41) is 0.149. The van der Waals surface area contributed by atoms with Gasteiger partial charge >= 0.3 is 11.9 Å². The molecule has 0 N–H and O–H groups in total. The Labute approximate surface area is 261 Å². The summed E-state index contributed by atoms with van der Waals surface area (Å²) in [4.78, 5) is 26.1. The van der Waals surface area contributed by atoms with Crippen LogP contribution in [-0.4, -0.2) is 39.1 Å². The molecule has 0 aliphatic rings. The average Bonchev–Trinajstić information content (AvgIpc) is 2.85. The first kappa shape index (κ1) is 40.6. The van der Waals surface area contributed by atoms with Crippen LogP contribution in [0.4, 0.5) is 0 Å². The normalized spacial score (nSPS) is 16.8. The van der Waals surface area contributed by atoms with E-state index in [1.165, 1.54) is 31.3 Å². The summed E-state index contributed by atoms with van der Waals surface area (Å²) < 4.78 is 17.5. The van der Waals surface area contributed by atoms with Gasteiger partial charge in [0, 0.05) is 18.6 Å². The van der Waals surface area contributed by atoms with Crippen LogP contribution in [0.15, 0.2) is 22.8 Å². The smallest absolute Gasteiger partial charge is 0.334 e. The van der Waals surface area contributed by atoms with Crippen molar-refractivity contribution in [2.45, 2.75) is 159 Å². The largest absolute Gasteiger partial charge is 0.465 e. The fraction of sp³-hybridized carbons (Fsp3) is 0.833. The van der Waals surface area contributed by atoms with Gasteiger partial charge in [-0.15, -0.1) is 0 Å². The molecule has 0 radical (unpaired) electrons. The highest BCUT2D eigenvalue weighted by Crippen LogP contribution is 2.36. The quantitative estimate of drug-likeness (QED) is 0.0509. The number of allylic oxidation sites excluding steroid dienone is 3. The number of hydrogen-bond acceptors (Lipinski definition) is 5. The van der Waals surface area contributed by atoms with Crippen LogP contribution in [-0.2, 0) is 23.5 Å². The molecule has 0 heterocycles. The number of esters is 2. The van der Waals surface area contributed by atoms with Crippen LogP contribution in [0.3, 0.4) is 0 Å². The Balaban J connectivity index is 5.40. The zero-order valence-electron chi connectivity index (χ0n) is 30.3. The fourth-order valence-corrected chi connectivity index (χ4v) is 5.64. The molecule has 0 aromatic carbocycles. The van der Waals surface area contributed by atoms with Crippen molar-refractivity contribution in [1.82, 2.24) is 0 Å². The fourth-order valence-electron chi connectivity index (χ4n) is 4.56. The van der Waals surface area contributed by atoms with Gasteiger partial charge in [0.1, 0.15) is 5.60 Å². The maximum Gasteiger partial charge on any atom is 0.334 e. The summed E-state index contributed by atoms with van der Waals surface area (Å²) >= 11 is 0. The van der Waals surface area contributed by atoms with Gasteiger partial charge in [0.15, 0.2) is 8.32 Å².